The fraction of sp³-hybridized carbons (Fsp3) is 0.333. The normalized spacial score (nSPS) is 12.4. The summed E-state index contributed by atoms with van der Waals surface area (Å²) in [6.45, 7) is 9.33. The molecule has 0 unspecified atom stereocenters. The predicted molar refractivity (Wildman–Crippen MR) is 165 cm³/mol. The molecular formula is C33H40N4O3. The SMILES string of the molecule is CC(C)N=C(N)c1ccc(OCCCCCOc2cccc(-c3cc4cc(C(N)=NC(C)C)ccc4o3)c2)cc1. The number of ether oxygens (including phenoxy) is 2. The lowest BCUT2D eigenvalue weighted by atomic mass is 10.1. The van der Waals surface area contributed by atoms with E-state index in [4.69, 9.17) is 25.4 Å². The maximum Gasteiger partial charge on any atom is 0.135 e. The number of fused-ring (bicyclic) bond motifs is 1. The highest BCUT2D eigenvalue weighted by Crippen LogP contribution is 2.30. The average Bonchev–Trinajstić information content (AvgIpc) is 3.36. The molecule has 7 nitrogen and oxygen atoms in total. The van der Waals surface area contributed by atoms with Crippen molar-refractivity contribution in [1.82, 2.24) is 0 Å². The van der Waals surface area contributed by atoms with Gasteiger partial charge in [0.2, 0.25) is 0 Å². The van der Waals surface area contributed by atoms with Crippen molar-refractivity contribution in [1.29, 1.82) is 0 Å². The quantitative estimate of drug-likeness (QED) is 0.108. The van der Waals surface area contributed by atoms with E-state index < -0.39 is 0 Å². The van der Waals surface area contributed by atoms with Crippen molar-refractivity contribution < 1.29 is 13.9 Å². The summed E-state index contributed by atoms with van der Waals surface area (Å²) in [4.78, 5) is 8.82. The lowest BCUT2D eigenvalue weighted by molar-refractivity contribution is 0.279. The minimum atomic E-state index is 0.144. The first kappa shape index (κ1) is 28.7. The molecule has 3 aromatic carbocycles. The number of aliphatic imine (C=N–C) groups is 2. The smallest absolute Gasteiger partial charge is 0.135 e. The van der Waals surface area contributed by atoms with Crippen LogP contribution in [0, 0.1) is 0 Å². The Kier molecular flexibility index (Phi) is 9.84. The zero-order chi connectivity index (χ0) is 28.5. The summed E-state index contributed by atoms with van der Waals surface area (Å²) < 4.78 is 18.0. The minimum Gasteiger partial charge on any atom is -0.494 e. The van der Waals surface area contributed by atoms with E-state index in [1.54, 1.807) is 0 Å². The Hall–Kier alpha value is -4.26. The van der Waals surface area contributed by atoms with Crippen molar-refractivity contribution in [2.75, 3.05) is 13.2 Å². The zero-order valence-electron chi connectivity index (χ0n) is 23.9. The summed E-state index contributed by atoms with van der Waals surface area (Å²) in [5, 5.41) is 0.989. The van der Waals surface area contributed by atoms with Crippen molar-refractivity contribution in [3.63, 3.8) is 0 Å². The highest BCUT2D eigenvalue weighted by atomic mass is 16.5. The second-order valence-electron chi connectivity index (χ2n) is 10.4. The van der Waals surface area contributed by atoms with E-state index in [1.165, 1.54) is 0 Å². The molecule has 0 saturated carbocycles. The Morgan fingerprint density at radius 2 is 1.32 bits per heavy atom. The third-order valence-corrected chi connectivity index (χ3v) is 6.20. The van der Waals surface area contributed by atoms with E-state index in [2.05, 4.69) is 9.98 Å². The molecule has 0 radical (unpaired) electrons. The molecule has 0 spiro atoms. The Bertz CT molecular complexity index is 1450. The molecule has 0 aliphatic carbocycles. The topological polar surface area (TPSA) is 108 Å². The van der Waals surface area contributed by atoms with Crippen molar-refractivity contribution in [2.24, 2.45) is 21.5 Å². The second kappa shape index (κ2) is 13.7. The second-order valence-corrected chi connectivity index (χ2v) is 10.4. The molecule has 210 valence electrons. The van der Waals surface area contributed by atoms with Gasteiger partial charge < -0.3 is 25.4 Å². The van der Waals surface area contributed by atoms with Crippen LogP contribution in [0.25, 0.3) is 22.3 Å². The van der Waals surface area contributed by atoms with E-state index >= 15 is 0 Å². The third kappa shape index (κ3) is 8.12. The highest BCUT2D eigenvalue weighted by Gasteiger charge is 2.10. The first-order valence-electron chi connectivity index (χ1n) is 14.0. The van der Waals surface area contributed by atoms with Crippen LogP contribution in [-0.2, 0) is 0 Å². The molecule has 1 aromatic heterocycles. The molecule has 7 heteroatoms. The largest absolute Gasteiger partial charge is 0.494 e. The van der Waals surface area contributed by atoms with Crippen molar-refractivity contribution in [3.05, 3.63) is 83.9 Å². The van der Waals surface area contributed by atoms with E-state index in [0.717, 1.165) is 64.2 Å². The van der Waals surface area contributed by atoms with Gasteiger partial charge in [0, 0.05) is 34.2 Å². The standard InChI is InChI=1S/C33H40N4O3/c1-22(2)36-32(34)24-11-14-28(15-12-24)38-17-6-5-7-18-39-29-10-8-9-25(20-29)31-21-27-19-26(13-16-30(27)40-31)33(35)37-23(3)4/h8-16,19-23H,5-7,17-18H2,1-4H3,(H2,34,36)(H2,35,37). The molecule has 40 heavy (non-hydrogen) atoms. The number of furan rings is 1. The van der Waals surface area contributed by atoms with Crippen LogP contribution in [0.2, 0.25) is 0 Å². The van der Waals surface area contributed by atoms with E-state index in [-0.39, 0.29) is 12.1 Å². The maximum atomic E-state index is 6.15. The number of amidine groups is 2. The summed E-state index contributed by atoms with van der Waals surface area (Å²) in [5.41, 5.74) is 15.8. The van der Waals surface area contributed by atoms with Gasteiger partial charge in [0.25, 0.3) is 0 Å². The number of rotatable bonds is 13. The van der Waals surface area contributed by atoms with Gasteiger partial charge in [0.1, 0.15) is 34.5 Å². The molecule has 0 aliphatic heterocycles. The first-order chi connectivity index (χ1) is 19.3. The molecular weight excluding hydrogens is 500 g/mol. The third-order valence-electron chi connectivity index (χ3n) is 6.20. The Morgan fingerprint density at radius 1 is 0.700 bits per heavy atom. The summed E-state index contributed by atoms with van der Waals surface area (Å²) in [5.74, 6) is 3.54. The van der Waals surface area contributed by atoms with Gasteiger partial charge in [-0.15, -0.1) is 0 Å². The lowest BCUT2D eigenvalue weighted by Crippen LogP contribution is -2.15. The van der Waals surface area contributed by atoms with E-state index in [0.29, 0.717) is 24.9 Å². The summed E-state index contributed by atoms with van der Waals surface area (Å²) in [6, 6.07) is 24.0. The lowest BCUT2D eigenvalue weighted by Gasteiger charge is -2.09. The van der Waals surface area contributed by atoms with Crippen LogP contribution in [0.5, 0.6) is 11.5 Å². The molecule has 0 atom stereocenters. The number of hydrogen-bond acceptors (Lipinski definition) is 5. The Balaban J connectivity index is 1.22. The minimum absolute atomic E-state index is 0.144. The Labute approximate surface area is 236 Å². The van der Waals surface area contributed by atoms with E-state index in [1.807, 2.05) is 100 Å². The molecule has 0 fully saturated rings. The summed E-state index contributed by atoms with van der Waals surface area (Å²) in [7, 11) is 0. The van der Waals surface area contributed by atoms with Gasteiger partial charge in [0.15, 0.2) is 0 Å². The number of nitrogens with two attached hydrogens (primary N) is 2. The molecule has 0 amide bonds. The number of nitrogens with zero attached hydrogens (tertiary/aromatic N) is 2. The van der Waals surface area contributed by atoms with Crippen LogP contribution in [-0.4, -0.2) is 37.0 Å². The van der Waals surface area contributed by atoms with E-state index in [9.17, 15) is 0 Å². The maximum absolute atomic E-state index is 6.15. The summed E-state index contributed by atoms with van der Waals surface area (Å²) in [6.07, 6.45) is 2.91. The predicted octanol–water partition coefficient (Wildman–Crippen LogP) is 6.96. The number of benzene rings is 3. The zero-order valence-corrected chi connectivity index (χ0v) is 23.9. The summed E-state index contributed by atoms with van der Waals surface area (Å²) >= 11 is 0. The number of hydrogen-bond donors (Lipinski definition) is 2. The van der Waals surface area contributed by atoms with Crippen LogP contribution in [0.3, 0.4) is 0 Å². The van der Waals surface area contributed by atoms with Crippen LogP contribution < -0.4 is 20.9 Å². The van der Waals surface area contributed by atoms with Gasteiger partial charge in [-0.05, 0) is 108 Å². The molecule has 0 bridgehead atoms. The first-order valence-corrected chi connectivity index (χ1v) is 14.0. The number of unbranched alkanes of at least 4 members (excludes halogenated alkanes) is 2. The Morgan fingerprint density at radius 3 is 2.00 bits per heavy atom. The van der Waals surface area contributed by atoms with Gasteiger partial charge in [-0.3, -0.25) is 9.98 Å². The monoisotopic (exact) mass is 540 g/mol. The van der Waals surface area contributed by atoms with Crippen molar-refractivity contribution in [2.45, 2.75) is 59.0 Å². The van der Waals surface area contributed by atoms with Crippen LogP contribution in [0.1, 0.15) is 58.1 Å². The van der Waals surface area contributed by atoms with Gasteiger partial charge >= 0.3 is 0 Å². The molecule has 0 saturated heterocycles. The fourth-order valence-corrected chi connectivity index (χ4v) is 4.27. The highest BCUT2D eigenvalue weighted by molar-refractivity contribution is 6.01. The average molecular weight is 541 g/mol. The van der Waals surface area contributed by atoms with Crippen molar-refractivity contribution in [3.8, 4) is 22.8 Å². The molecule has 4 N–H and O–H groups in total. The van der Waals surface area contributed by atoms with Crippen LogP contribution in [0.4, 0.5) is 0 Å². The van der Waals surface area contributed by atoms with Crippen LogP contribution in [0.15, 0.2) is 87.2 Å². The van der Waals surface area contributed by atoms with Gasteiger partial charge in [-0.1, -0.05) is 12.1 Å². The molecule has 4 aromatic rings. The molecule has 0 aliphatic rings. The van der Waals surface area contributed by atoms with Gasteiger partial charge in [0.05, 0.1) is 13.2 Å². The fourth-order valence-electron chi connectivity index (χ4n) is 4.27. The van der Waals surface area contributed by atoms with Crippen LogP contribution >= 0.6 is 0 Å². The van der Waals surface area contributed by atoms with Crippen molar-refractivity contribution >= 4 is 22.6 Å². The van der Waals surface area contributed by atoms with Gasteiger partial charge in [-0.25, -0.2) is 0 Å². The molecule has 4 rings (SSSR count). The molecule has 1 heterocycles. The van der Waals surface area contributed by atoms with Gasteiger partial charge in [-0.2, -0.15) is 0 Å².